The fourth-order valence-electron chi connectivity index (χ4n) is 1.83. The summed E-state index contributed by atoms with van der Waals surface area (Å²) in [7, 11) is 0. The Morgan fingerprint density at radius 3 is 2.53 bits per heavy atom. The summed E-state index contributed by atoms with van der Waals surface area (Å²) in [6.07, 6.45) is 1.45. The zero-order chi connectivity index (χ0) is 14.5. The molecule has 0 aromatic carbocycles. The second kappa shape index (κ2) is 6.65. The van der Waals surface area contributed by atoms with Gasteiger partial charge in [0.2, 0.25) is 0 Å². The van der Waals surface area contributed by atoms with Crippen molar-refractivity contribution in [2.75, 3.05) is 12.3 Å². The van der Waals surface area contributed by atoms with E-state index in [4.69, 9.17) is 10.2 Å². The maximum absolute atomic E-state index is 11.6. The zero-order valence-electron chi connectivity index (χ0n) is 10.6. The molecule has 1 unspecified atom stereocenters. The lowest BCUT2D eigenvalue weighted by atomic mass is 10.1. The first kappa shape index (κ1) is 15.6. The van der Waals surface area contributed by atoms with Gasteiger partial charge in [0.1, 0.15) is 6.04 Å². The molecule has 1 aliphatic rings. The van der Waals surface area contributed by atoms with Crippen LogP contribution in [0.2, 0.25) is 0 Å². The van der Waals surface area contributed by atoms with Crippen LogP contribution in [-0.4, -0.2) is 51.3 Å². The fourth-order valence-corrected chi connectivity index (χ4v) is 3.07. The Balaban J connectivity index is 2.40. The predicted octanol–water partition coefficient (Wildman–Crippen LogP) is 0.499. The number of thioether (sulfide) groups is 1. The van der Waals surface area contributed by atoms with Crippen LogP contribution in [0.15, 0.2) is 0 Å². The SMILES string of the molecule is CC1(CNC(=O)N[C@@H](CC(=O)O)C(=O)O)CCCS1. The maximum atomic E-state index is 11.6. The second-order valence-electron chi connectivity index (χ2n) is 4.72. The van der Waals surface area contributed by atoms with Gasteiger partial charge in [-0.1, -0.05) is 0 Å². The lowest BCUT2D eigenvalue weighted by Gasteiger charge is -2.23. The Labute approximate surface area is 115 Å². The second-order valence-corrected chi connectivity index (χ2v) is 6.40. The van der Waals surface area contributed by atoms with Crippen LogP contribution in [0.3, 0.4) is 0 Å². The van der Waals surface area contributed by atoms with Gasteiger partial charge in [-0.15, -0.1) is 0 Å². The van der Waals surface area contributed by atoms with Crippen molar-refractivity contribution in [2.24, 2.45) is 0 Å². The van der Waals surface area contributed by atoms with E-state index in [1.807, 2.05) is 6.92 Å². The monoisotopic (exact) mass is 290 g/mol. The highest BCUT2D eigenvalue weighted by molar-refractivity contribution is 8.00. The van der Waals surface area contributed by atoms with Crippen LogP contribution >= 0.6 is 11.8 Å². The number of carboxylic acid groups (broad SMARTS) is 2. The molecule has 7 nitrogen and oxygen atoms in total. The Morgan fingerprint density at radius 2 is 2.05 bits per heavy atom. The Kier molecular flexibility index (Phi) is 5.46. The lowest BCUT2D eigenvalue weighted by Crippen LogP contribution is -2.49. The van der Waals surface area contributed by atoms with Crippen LogP contribution < -0.4 is 10.6 Å². The number of carbonyl (C=O) groups excluding carboxylic acids is 1. The van der Waals surface area contributed by atoms with E-state index >= 15 is 0 Å². The molecule has 0 saturated carbocycles. The van der Waals surface area contributed by atoms with Crippen molar-refractivity contribution in [1.82, 2.24) is 10.6 Å². The van der Waals surface area contributed by atoms with E-state index in [0.29, 0.717) is 6.54 Å². The zero-order valence-corrected chi connectivity index (χ0v) is 11.5. The van der Waals surface area contributed by atoms with E-state index in [0.717, 1.165) is 18.6 Å². The summed E-state index contributed by atoms with van der Waals surface area (Å²) in [4.78, 5) is 32.8. The Bertz CT molecular complexity index is 368. The van der Waals surface area contributed by atoms with Gasteiger partial charge < -0.3 is 20.8 Å². The number of urea groups is 1. The number of hydrogen-bond acceptors (Lipinski definition) is 4. The summed E-state index contributed by atoms with van der Waals surface area (Å²) in [5, 5.41) is 22.1. The smallest absolute Gasteiger partial charge is 0.326 e. The molecular weight excluding hydrogens is 272 g/mol. The van der Waals surface area contributed by atoms with E-state index in [-0.39, 0.29) is 4.75 Å². The average molecular weight is 290 g/mol. The molecule has 4 N–H and O–H groups in total. The first-order valence-electron chi connectivity index (χ1n) is 5.95. The molecule has 8 heteroatoms. The van der Waals surface area contributed by atoms with Crippen molar-refractivity contribution >= 4 is 29.7 Å². The topological polar surface area (TPSA) is 116 Å². The molecule has 19 heavy (non-hydrogen) atoms. The van der Waals surface area contributed by atoms with Crippen LogP contribution in [0.4, 0.5) is 4.79 Å². The van der Waals surface area contributed by atoms with Crippen molar-refractivity contribution in [3.05, 3.63) is 0 Å². The number of aliphatic carboxylic acids is 2. The van der Waals surface area contributed by atoms with Gasteiger partial charge in [-0.3, -0.25) is 4.79 Å². The molecule has 2 amide bonds. The first-order chi connectivity index (χ1) is 8.82. The molecule has 0 bridgehead atoms. The molecule has 1 heterocycles. The normalized spacial score (nSPS) is 23.6. The van der Waals surface area contributed by atoms with E-state index < -0.39 is 30.4 Å². The minimum absolute atomic E-state index is 0.0249. The minimum atomic E-state index is -1.42. The number of amides is 2. The number of carbonyl (C=O) groups is 3. The van der Waals surface area contributed by atoms with Gasteiger partial charge in [-0.25, -0.2) is 9.59 Å². The summed E-state index contributed by atoms with van der Waals surface area (Å²) < 4.78 is -0.0249. The van der Waals surface area contributed by atoms with Gasteiger partial charge in [0.05, 0.1) is 6.42 Å². The highest BCUT2D eigenvalue weighted by Gasteiger charge is 2.30. The molecule has 108 valence electrons. The third-order valence-electron chi connectivity index (χ3n) is 2.91. The molecule has 2 atom stereocenters. The van der Waals surface area contributed by atoms with Gasteiger partial charge in [0, 0.05) is 11.3 Å². The number of nitrogens with one attached hydrogen (secondary N) is 2. The van der Waals surface area contributed by atoms with Gasteiger partial charge in [0.25, 0.3) is 0 Å². The van der Waals surface area contributed by atoms with Crippen molar-refractivity contribution in [2.45, 2.75) is 37.0 Å². The third-order valence-corrected chi connectivity index (χ3v) is 4.44. The standard InChI is InChI=1S/C11H18N2O5S/c1-11(3-2-4-19-11)6-12-10(18)13-7(9(16)17)5-8(14)15/h7H,2-6H2,1H3,(H,14,15)(H,16,17)(H2,12,13,18)/t7-,11?/m0/s1. The molecule has 0 aromatic heterocycles. The highest BCUT2D eigenvalue weighted by atomic mass is 32.2. The molecule has 1 fully saturated rings. The number of hydrogen-bond donors (Lipinski definition) is 4. The lowest BCUT2D eigenvalue weighted by molar-refractivity contribution is -0.145. The van der Waals surface area contributed by atoms with Crippen LogP contribution in [0.1, 0.15) is 26.2 Å². The van der Waals surface area contributed by atoms with Gasteiger partial charge >= 0.3 is 18.0 Å². The third kappa shape index (κ3) is 5.37. The van der Waals surface area contributed by atoms with Crippen molar-refractivity contribution in [3.8, 4) is 0 Å². The summed E-state index contributed by atoms with van der Waals surface area (Å²) in [5.41, 5.74) is 0. The van der Waals surface area contributed by atoms with E-state index in [1.165, 1.54) is 0 Å². The van der Waals surface area contributed by atoms with Crippen molar-refractivity contribution in [3.63, 3.8) is 0 Å². The largest absolute Gasteiger partial charge is 0.481 e. The number of rotatable bonds is 6. The molecule has 1 rings (SSSR count). The highest BCUT2D eigenvalue weighted by Crippen LogP contribution is 2.36. The van der Waals surface area contributed by atoms with Gasteiger partial charge in [-0.2, -0.15) is 11.8 Å². The summed E-state index contributed by atoms with van der Waals surface area (Å²) in [6, 6.07) is -2.07. The van der Waals surface area contributed by atoms with Gasteiger partial charge in [0.15, 0.2) is 0 Å². The number of carboxylic acids is 2. The van der Waals surface area contributed by atoms with Gasteiger partial charge in [-0.05, 0) is 25.5 Å². The molecule has 0 spiro atoms. The first-order valence-corrected chi connectivity index (χ1v) is 6.94. The quantitative estimate of drug-likeness (QED) is 0.566. The molecule has 0 radical (unpaired) electrons. The van der Waals surface area contributed by atoms with Crippen molar-refractivity contribution in [1.29, 1.82) is 0 Å². The molecule has 0 aliphatic carbocycles. The average Bonchev–Trinajstić information content (AvgIpc) is 2.73. The van der Waals surface area contributed by atoms with E-state index in [1.54, 1.807) is 11.8 Å². The van der Waals surface area contributed by atoms with Crippen LogP contribution in [-0.2, 0) is 9.59 Å². The molecule has 0 aromatic rings. The van der Waals surface area contributed by atoms with Crippen LogP contribution in [0.5, 0.6) is 0 Å². The summed E-state index contributed by atoms with van der Waals surface area (Å²) in [5.74, 6) is -1.58. The fraction of sp³-hybridized carbons (Fsp3) is 0.727. The molecular formula is C11H18N2O5S. The van der Waals surface area contributed by atoms with Crippen LogP contribution in [0.25, 0.3) is 0 Å². The minimum Gasteiger partial charge on any atom is -0.481 e. The van der Waals surface area contributed by atoms with Crippen LogP contribution in [0, 0.1) is 0 Å². The van der Waals surface area contributed by atoms with Crippen molar-refractivity contribution < 1.29 is 24.6 Å². The maximum Gasteiger partial charge on any atom is 0.326 e. The molecule has 1 saturated heterocycles. The summed E-state index contributed by atoms with van der Waals surface area (Å²) >= 11 is 1.77. The predicted molar refractivity (Wildman–Crippen MR) is 70.3 cm³/mol. The van der Waals surface area contributed by atoms with E-state index in [2.05, 4.69) is 10.6 Å². The molecule has 1 aliphatic heterocycles. The Morgan fingerprint density at radius 1 is 1.37 bits per heavy atom. The van der Waals surface area contributed by atoms with E-state index in [9.17, 15) is 14.4 Å². The Hall–Kier alpha value is -1.44. The summed E-state index contributed by atoms with van der Waals surface area (Å²) in [6.45, 7) is 2.47.